The minimum absolute atomic E-state index is 0.241. The molecule has 0 aromatic heterocycles. The molecular formula is C16H25NO2. The van der Waals surface area contributed by atoms with Gasteiger partial charge in [-0.3, -0.25) is 0 Å². The number of nitrogens with one attached hydrogen (secondary N) is 1. The second-order valence-corrected chi connectivity index (χ2v) is 5.32. The number of ether oxygens (including phenoxy) is 2. The largest absolute Gasteiger partial charge is 0.491 e. The Balaban J connectivity index is 1.75. The van der Waals surface area contributed by atoms with Crippen molar-refractivity contribution < 1.29 is 9.47 Å². The van der Waals surface area contributed by atoms with E-state index in [0.29, 0.717) is 12.7 Å². The Bertz CT molecular complexity index is 406. The maximum absolute atomic E-state index is 5.95. The Morgan fingerprint density at radius 1 is 1.21 bits per heavy atom. The number of aryl methyl sites for hydroxylation is 2. The predicted octanol–water partition coefficient (Wildman–Crippen LogP) is 2.84. The van der Waals surface area contributed by atoms with Gasteiger partial charge in [-0.2, -0.15) is 0 Å². The maximum atomic E-state index is 5.95. The first-order valence-electron chi connectivity index (χ1n) is 7.25. The zero-order valence-corrected chi connectivity index (χ0v) is 12.2. The van der Waals surface area contributed by atoms with Crippen molar-refractivity contribution in [2.75, 3.05) is 19.7 Å². The van der Waals surface area contributed by atoms with Crippen molar-refractivity contribution in [1.29, 1.82) is 0 Å². The highest BCUT2D eigenvalue weighted by Gasteiger charge is 2.25. The Morgan fingerprint density at radius 2 is 2.00 bits per heavy atom. The molecule has 0 radical (unpaired) electrons. The third-order valence-corrected chi connectivity index (χ3v) is 3.73. The van der Waals surface area contributed by atoms with E-state index in [2.05, 4.69) is 38.2 Å². The molecule has 0 amide bonds. The SMILES string of the molecule is CCNCC1CCC(COc2ccc(C)c(C)c2)O1. The standard InChI is InChI=1S/C16H25NO2/c1-4-17-10-15-7-8-16(19-15)11-18-14-6-5-12(2)13(3)9-14/h5-6,9,15-17H,4,7-8,10-11H2,1-3H3. The van der Waals surface area contributed by atoms with Gasteiger partial charge in [0.05, 0.1) is 12.2 Å². The zero-order chi connectivity index (χ0) is 13.7. The first-order valence-corrected chi connectivity index (χ1v) is 7.25. The predicted molar refractivity (Wildman–Crippen MR) is 77.8 cm³/mol. The molecule has 0 spiro atoms. The number of hydrogen-bond donors (Lipinski definition) is 1. The van der Waals surface area contributed by atoms with Gasteiger partial charge in [0, 0.05) is 6.54 Å². The van der Waals surface area contributed by atoms with E-state index in [9.17, 15) is 0 Å². The van der Waals surface area contributed by atoms with Crippen LogP contribution in [0.1, 0.15) is 30.9 Å². The monoisotopic (exact) mass is 263 g/mol. The van der Waals surface area contributed by atoms with E-state index in [1.165, 1.54) is 11.1 Å². The van der Waals surface area contributed by atoms with Gasteiger partial charge in [-0.25, -0.2) is 0 Å². The van der Waals surface area contributed by atoms with E-state index >= 15 is 0 Å². The summed E-state index contributed by atoms with van der Waals surface area (Å²) in [4.78, 5) is 0. The first-order chi connectivity index (χ1) is 9.19. The molecule has 19 heavy (non-hydrogen) atoms. The van der Waals surface area contributed by atoms with Crippen LogP contribution in [0.4, 0.5) is 0 Å². The van der Waals surface area contributed by atoms with Crippen LogP contribution in [0.2, 0.25) is 0 Å². The second-order valence-electron chi connectivity index (χ2n) is 5.32. The third-order valence-electron chi connectivity index (χ3n) is 3.73. The van der Waals surface area contributed by atoms with Gasteiger partial charge in [-0.1, -0.05) is 13.0 Å². The summed E-state index contributed by atoms with van der Waals surface area (Å²) in [6, 6.07) is 6.24. The Labute approximate surface area is 116 Å². The van der Waals surface area contributed by atoms with E-state index in [1.54, 1.807) is 0 Å². The van der Waals surface area contributed by atoms with Crippen LogP contribution in [-0.2, 0) is 4.74 Å². The summed E-state index contributed by atoms with van der Waals surface area (Å²) in [7, 11) is 0. The summed E-state index contributed by atoms with van der Waals surface area (Å²) in [5.74, 6) is 0.946. The lowest BCUT2D eigenvalue weighted by atomic mass is 10.1. The van der Waals surface area contributed by atoms with Crippen molar-refractivity contribution in [3.63, 3.8) is 0 Å². The second kappa shape index (κ2) is 6.92. The molecule has 1 saturated heterocycles. The molecule has 0 aliphatic carbocycles. The Hall–Kier alpha value is -1.06. The van der Waals surface area contributed by atoms with E-state index in [-0.39, 0.29) is 6.10 Å². The average Bonchev–Trinajstić information content (AvgIpc) is 2.86. The van der Waals surface area contributed by atoms with Crippen LogP contribution in [0.3, 0.4) is 0 Å². The molecule has 0 bridgehead atoms. The number of likely N-dealkylation sites (N-methyl/N-ethyl adjacent to an activating group) is 1. The van der Waals surface area contributed by atoms with Gasteiger partial charge >= 0.3 is 0 Å². The maximum Gasteiger partial charge on any atom is 0.119 e. The van der Waals surface area contributed by atoms with Crippen molar-refractivity contribution in [2.24, 2.45) is 0 Å². The van der Waals surface area contributed by atoms with Crippen LogP contribution in [-0.4, -0.2) is 31.9 Å². The van der Waals surface area contributed by atoms with Crippen LogP contribution in [0.25, 0.3) is 0 Å². The lowest BCUT2D eigenvalue weighted by molar-refractivity contribution is 0.0188. The van der Waals surface area contributed by atoms with Gasteiger partial charge < -0.3 is 14.8 Å². The normalized spacial score (nSPS) is 22.7. The molecule has 1 aromatic rings. The fraction of sp³-hybridized carbons (Fsp3) is 0.625. The minimum atomic E-state index is 0.241. The fourth-order valence-corrected chi connectivity index (χ4v) is 2.35. The summed E-state index contributed by atoms with van der Waals surface area (Å²) in [5.41, 5.74) is 2.57. The van der Waals surface area contributed by atoms with Gasteiger partial charge in [-0.15, -0.1) is 0 Å². The van der Waals surface area contributed by atoms with E-state index < -0.39 is 0 Å². The molecule has 1 aromatic carbocycles. The summed E-state index contributed by atoms with van der Waals surface area (Å²) in [5, 5.41) is 3.33. The van der Waals surface area contributed by atoms with Crippen LogP contribution in [0.15, 0.2) is 18.2 Å². The van der Waals surface area contributed by atoms with Gasteiger partial charge in [0.15, 0.2) is 0 Å². The molecule has 2 rings (SSSR count). The van der Waals surface area contributed by atoms with Crippen molar-refractivity contribution in [1.82, 2.24) is 5.32 Å². The molecule has 1 aliphatic heterocycles. The smallest absolute Gasteiger partial charge is 0.119 e. The number of benzene rings is 1. The minimum Gasteiger partial charge on any atom is -0.491 e. The van der Waals surface area contributed by atoms with Crippen LogP contribution < -0.4 is 10.1 Å². The highest BCUT2D eigenvalue weighted by Crippen LogP contribution is 2.22. The van der Waals surface area contributed by atoms with Gasteiger partial charge in [0.2, 0.25) is 0 Å². The summed E-state index contributed by atoms with van der Waals surface area (Å²) >= 11 is 0. The van der Waals surface area contributed by atoms with Crippen LogP contribution >= 0.6 is 0 Å². The number of hydrogen-bond acceptors (Lipinski definition) is 3. The molecular weight excluding hydrogens is 238 g/mol. The quantitative estimate of drug-likeness (QED) is 0.856. The molecule has 2 unspecified atom stereocenters. The topological polar surface area (TPSA) is 30.5 Å². The lowest BCUT2D eigenvalue weighted by Gasteiger charge is -2.15. The molecule has 3 heteroatoms. The van der Waals surface area contributed by atoms with Crippen molar-refractivity contribution in [3.8, 4) is 5.75 Å². The van der Waals surface area contributed by atoms with Crippen LogP contribution in [0.5, 0.6) is 5.75 Å². The van der Waals surface area contributed by atoms with Crippen molar-refractivity contribution in [2.45, 2.75) is 45.8 Å². The van der Waals surface area contributed by atoms with Crippen molar-refractivity contribution >= 4 is 0 Å². The third kappa shape index (κ3) is 4.22. The van der Waals surface area contributed by atoms with Gasteiger partial charge in [0.25, 0.3) is 0 Å². The highest BCUT2D eigenvalue weighted by atomic mass is 16.5. The first kappa shape index (κ1) is 14.4. The molecule has 1 heterocycles. The molecule has 0 saturated carbocycles. The summed E-state index contributed by atoms with van der Waals surface area (Å²) in [6.07, 6.45) is 2.83. The van der Waals surface area contributed by atoms with E-state index in [1.807, 2.05) is 6.07 Å². The van der Waals surface area contributed by atoms with Gasteiger partial charge in [0.1, 0.15) is 12.4 Å². The number of rotatable bonds is 6. The molecule has 1 fully saturated rings. The Kier molecular flexibility index (Phi) is 5.23. The van der Waals surface area contributed by atoms with Gasteiger partial charge in [-0.05, 0) is 56.5 Å². The molecule has 3 nitrogen and oxygen atoms in total. The summed E-state index contributed by atoms with van der Waals surface area (Å²) in [6.45, 7) is 8.96. The molecule has 1 N–H and O–H groups in total. The van der Waals surface area contributed by atoms with Crippen LogP contribution in [0, 0.1) is 13.8 Å². The average molecular weight is 263 g/mol. The van der Waals surface area contributed by atoms with Crippen molar-refractivity contribution in [3.05, 3.63) is 29.3 Å². The highest BCUT2D eigenvalue weighted by molar-refractivity contribution is 5.33. The molecule has 1 aliphatic rings. The Morgan fingerprint density at radius 3 is 2.74 bits per heavy atom. The fourth-order valence-electron chi connectivity index (χ4n) is 2.35. The molecule has 106 valence electrons. The lowest BCUT2D eigenvalue weighted by Crippen LogP contribution is -2.28. The molecule has 2 atom stereocenters. The van der Waals surface area contributed by atoms with E-state index in [0.717, 1.165) is 31.7 Å². The zero-order valence-electron chi connectivity index (χ0n) is 12.2. The van der Waals surface area contributed by atoms with E-state index in [4.69, 9.17) is 9.47 Å². The summed E-state index contributed by atoms with van der Waals surface area (Å²) < 4.78 is 11.8.